The van der Waals surface area contributed by atoms with Crippen LogP contribution >= 0.6 is 22.6 Å². The monoisotopic (exact) mass is 457 g/mol. The Labute approximate surface area is 157 Å². The molecule has 2 aliphatic rings. The van der Waals surface area contributed by atoms with Crippen LogP contribution in [0.25, 0.3) is 0 Å². The molecule has 1 aromatic carbocycles. The number of hydrogen-bond acceptors (Lipinski definition) is 5. The minimum atomic E-state index is -0.684. The molecule has 0 bridgehead atoms. The van der Waals surface area contributed by atoms with Gasteiger partial charge in [-0.05, 0) is 41.1 Å². The molecule has 1 fully saturated rings. The number of anilines is 1. The maximum Gasteiger partial charge on any atom is 0.256 e. The fourth-order valence-electron chi connectivity index (χ4n) is 3.07. The lowest BCUT2D eigenvalue weighted by Crippen LogP contribution is -2.52. The van der Waals surface area contributed by atoms with Crippen LogP contribution in [0.5, 0.6) is 0 Å². The van der Waals surface area contributed by atoms with Crippen molar-refractivity contribution in [3.63, 3.8) is 0 Å². The topological polar surface area (TPSA) is 105 Å². The minimum absolute atomic E-state index is 0.0917. The fourth-order valence-corrected chi connectivity index (χ4v) is 3.80. The quantitative estimate of drug-likeness (QED) is 0.510. The van der Waals surface area contributed by atoms with Gasteiger partial charge in [0.05, 0.1) is 5.56 Å². The predicted octanol–water partition coefficient (Wildman–Crippen LogP) is 0.637. The molecule has 1 unspecified atom stereocenters. The summed E-state index contributed by atoms with van der Waals surface area (Å²) in [6, 6.07) is 2.79. The summed E-state index contributed by atoms with van der Waals surface area (Å²) in [5, 5.41) is 5.00. The van der Waals surface area contributed by atoms with Crippen molar-refractivity contribution in [2.75, 3.05) is 19.0 Å². The van der Waals surface area contributed by atoms with Crippen molar-refractivity contribution in [2.24, 2.45) is 0 Å². The molecule has 0 aromatic heterocycles. The first-order valence-electron chi connectivity index (χ1n) is 7.67. The number of rotatable bonds is 4. The molecule has 4 amide bonds. The summed E-state index contributed by atoms with van der Waals surface area (Å²) in [5.41, 5.74) is 1.69. The normalized spacial score (nSPS) is 19.7. The van der Waals surface area contributed by atoms with E-state index in [9.17, 15) is 19.2 Å². The Morgan fingerprint density at radius 3 is 2.84 bits per heavy atom. The number of ether oxygens (including phenoxy) is 1. The molecule has 25 heavy (non-hydrogen) atoms. The summed E-state index contributed by atoms with van der Waals surface area (Å²) in [4.78, 5) is 49.5. The van der Waals surface area contributed by atoms with Gasteiger partial charge in [-0.3, -0.25) is 24.5 Å². The number of methoxy groups -OCH3 is 1. The van der Waals surface area contributed by atoms with Gasteiger partial charge in [0.1, 0.15) is 12.6 Å². The van der Waals surface area contributed by atoms with Gasteiger partial charge in [-0.15, -0.1) is 0 Å². The molecule has 9 heteroatoms. The van der Waals surface area contributed by atoms with Crippen LogP contribution in [-0.4, -0.2) is 48.3 Å². The molecule has 0 aliphatic carbocycles. The van der Waals surface area contributed by atoms with Crippen molar-refractivity contribution in [2.45, 2.75) is 25.4 Å². The molecule has 8 nitrogen and oxygen atoms in total. The second kappa shape index (κ2) is 7.08. The van der Waals surface area contributed by atoms with E-state index < -0.39 is 11.9 Å². The van der Waals surface area contributed by atoms with Crippen LogP contribution in [0, 0.1) is 3.57 Å². The van der Waals surface area contributed by atoms with E-state index in [-0.39, 0.29) is 37.3 Å². The lowest BCUT2D eigenvalue weighted by atomic mass is 10.0. The van der Waals surface area contributed by atoms with Crippen LogP contribution in [0.4, 0.5) is 5.69 Å². The first-order chi connectivity index (χ1) is 11.9. The highest BCUT2D eigenvalue weighted by atomic mass is 127. The second-order valence-electron chi connectivity index (χ2n) is 5.83. The first-order valence-corrected chi connectivity index (χ1v) is 8.75. The van der Waals surface area contributed by atoms with Gasteiger partial charge in [0.15, 0.2) is 0 Å². The summed E-state index contributed by atoms with van der Waals surface area (Å²) in [6.07, 6.45) is 0.497. The van der Waals surface area contributed by atoms with Crippen LogP contribution in [0.3, 0.4) is 0 Å². The number of imide groups is 1. The van der Waals surface area contributed by atoms with Gasteiger partial charge in [-0.1, -0.05) is 0 Å². The molecule has 2 N–H and O–H groups in total. The Balaban J connectivity index is 1.89. The van der Waals surface area contributed by atoms with Crippen molar-refractivity contribution < 1.29 is 23.9 Å². The zero-order valence-electron chi connectivity index (χ0n) is 13.4. The average molecular weight is 457 g/mol. The molecule has 2 aliphatic heterocycles. The lowest BCUT2D eigenvalue weighted by molar-refractivity contribution is -0.137. The Morgan fingerprint density at radius 1 is 1.40 bits per heavy atom. The molecular weight excluding hydrogens is 441 g/mol. The summed E-state index contributed by atoms with van der Waals surface area (Å²) in [6.45, 7) is 0.117. The number of nitrogens with zero attached hydrogens (tertiary/aromatic N) is 1. The van der Waals surface area contributed by atoms with E-state index in [1.807, 2.05) is 0 Å². The van der Waals surface area contributed by atoms with Crippen LogP contribution in [0.1, 0.15) is 28.8 Å². The number of fused-ring (bicyclic) bond motifs is 1. The van der Waals surface area contributed by atoms with Gasteiger partial charge < -0.3 is 15.0 Å². The maximum atomic E-state index is 12.8. The van der Waals surface area contributed by atoms with Crippen molar-refractivity contribution in [3.8, 4) is 0 Å². The van der Waals surface area contributed by atoms with E-state index in [0.29, 0.717) is 23.2 Å². The standard InChI is InChI=1S/C16H16IN3O5/c1-25-7-13(22)18-10-3-2-9(17)14-8(10)6-20(16(14)24)11-4-5-12(21)19-15(11)23/h2-3,11H,4-7H2,1H3,(H,18,22)(H,19,21,23). The summed E-state index contributed by atoms with van der Waals surface area (Å²) >= 11 is 2.06. The third-order valence-electron chi connectivity index (χ3n) is 4.20. The molecule has 0 spiro atoms. The van der Waals surface area contributed by atoms with Crippen LogP contribution in [0.15, 0.2) is 12.1 Å². The molecule has 1 atom stereocenters. The Kier molecular flexibility index (Phi) is 5.04. The zero-order chi connectivity index (χ0) is 18.1. The number of hydrogen-bond donors (Lipinski definition) is 2. The summed E-state index contributed by atoms with van der Waals surface area (Å²) < 4.78 is 5.55. The zero-order valence-corrected chi connectivity index (χ0v) is 15.6. The van der Waals surface area contributed by atoms with Gasteiger partial charge in [0.25, 0.3) is 5.91 Å². The molecule has 1 saturated heterocycles. The maximum absolute atomic E-state index is 12.8. The smallest absolute Gasteiger partial charge is 0.256 e. The van der Waals surface area contributed by atoms with E-state index in [1.54, 1.807) is 12.1 Å². The number of benzene rings is 1. The van der Waals surface area contributed by atoms with Gasteiger partial charge in [0.2, 0.25) is 17.7 Å². The number of amides is 4. The molecule has 132 valence electrons. The Hall–Kier alpha value is -2.01. The van der Waals surface area contributed by atoms with Crippen molar-refractivity contribution in [1.29, 1.82) is 0 Å². The van der Waals surface area contributed by atoms with Gasteiger partial charge in [0, 0.05) is 34.9 Å². The third-order valence-corrected chi connectivity index (χ3v) is 5.10. The number of carbonyl (C=O) groups is 4. The number of halogens is 1. The van der Waals surface area contributed by atoms with Crippen molar-refractivity contribution in [1.82, 2.24) is 10.2 Å². The van der Waals surface area contributed by atoms with Gasteiger partial charge >= 0.3 is 0 Å². The van der Waals surface area contributed by atoms with Gasteiger partial charge in [-0.2, -0.15) is 0 Å². The SMILES string of the molecule is COCC(=O)Nc1ccc(I)c2c1CN(C1CCC(=O)NC1=O)C2=O. The van der Waals surface area contributed by atoms with Gasteiger partial charge in [-0.25, -0.2) is 0 Å². The number of piperidine rings is 1. The van der Waals surface area contributed by atoms with Crippen LogP contribution in [-0.2, 0) is 25.7 Å². The average Bonchev–Trinajstić information content (AvgIpc) is 2.89. The summed E-state index contributed by atoms with van der Waals surface area (Å²) in [5.74, 6) is -1.38. The fraction of sp³-hybridized carbons (Fsp3) is 0.375. The highest BCUT2D eigenvalue weighted by Crippen LogP contribution is 2.35. The molecule has 0 saturated carbocycles. The minimum Gasteiger partial charge on any atom is -0.375 e. The molecular formula is C16H16IN3O5. The van der Waals surface area contributed by atoms with Crippen LogP contribution in [0.2, 0.25) is 0 Å². The van der Waals surface area contributed by atoms with E-state index in [4.69, 9.17) is 4.74 Å². The van der Waals surface area contributed by atoms with E-state index >= 15 is 0 Å². The Morgan fingerprint density at radius 2 is 2.16 bits per heavy atom. The number of nitrogens with one attached hydrogen (secondary N) is 2. The molecule has 3 rings (SSSR count). The number of carbonyl (C=O) groups excluding carboxylic acids is 4. The first kappa shape index (κ1) is 17.8. The van der Waals surface area contributed by atoms with Crippen molar-refractivity contribution in [3.05, 3.63) is 26.8 Å². The van der Waals surface area contributed by atoms with E-state index in [0.717, 1.165) is 3.57 Å². The second-order valence-corrected chi connectivity index (χ2v) is 6.99. The molecule has 2 heterocycles. The largest absolute Gasteiger partial charge is 0.375 e. The molecule has 1 aromatic rings. The Bertz CT molecular complexity index is 779. The lowest BCUT2D eigenvalue weighted by Gasteiger charge is -2.29. The van der Waals surface area contributed by atoms with E-state index in [1.165, 1.54) is 12.0 Å². The highest BCUT2D eigenvalue weighted by molar-refractivity contribution is 14.1. The predicted molar refractivity (Wildman–Crippen MR) is 95.7 cm³/mol. The molecule has 0 radical (unpaired) electrons. The third kappa shape index (κ3) is 3.38. The van der Waals surface area contributed by atoms with Crippen molar-refractivity contribution >= 4 is 51.9 Å². The highest BCUT2D eigenvalue weighted by Gasteiger charge is 2.40. The van der Waals surface area contributed by atoms with Crippen LogP contribution < -0.4 is 10.6 Å². The van der Waals surface area contributed by atoms with E-state index in [2.05, 4.69) is 33.2 Å². The summed E-state index contributed by atoms with van der Waals surface area (Å²) in [7, 11) is 1.42.